The van der Waals surface area contributed by atoms with Gasteiger partial charge in [-0.3, -0.25) is 14.7 Å². The zero-order chi connectivity index (χ0) is 16.4. The summed E-state index contributed by atoms with van der Waals surface area (Å²) in [6, 6.07) is 7.78. The first-order valence-corrected chi connectivity index (χ1v) is 8.38. The fourth-order valence-electron chi connectivity index (χ4n) is 3.60. The number of likely N-dealkylation sites (tertiary alicyclic amines) is 1. The van der Waals surface area contributed by atoms with Gasteiger partial charge in [0.15, 0.2) is 5.76 Å². The van der Waals surface area contributed by atoms with Gasteiger partial charge in [0.1, 0.15) is 0 Å². The van der Waals surface area contributed by atoms with Gasteiger partial charge in [0.05, 0.1) is 25.0 Å². The van der Waals surface area contributed by atoms with Crippen molar-refractivity contribution in [3.63, 3.8) is 0 Å². The van der Waals surface area contributed by atoms with Crippen LogP contribution in [0.2, 0.25) is 0 Å². The molecule has 0 saturated carbocycles. The first-order chi connectivity index (χ1) is 11.8. The van der Waals surface area contributed by atoms with E-state index in [1.807, 2.05) is 29.4 Å². The van der Waals surface area contributed by atoms with Crippen molar-refractivity contribution in [2.75, 3.05) is 26.2 Å². The van der Waals surface area contributed by atoms with E-state index in [4.69, 9.17) is 9.15 Å². The molecule has 0 N–H and O–H groups in total. The molecule has 2 aromatic rings. The van der Waals surface area contributed by atoms with Crippen LogP contribution in [-0.4, -0.2) is 59.1 Å². The molecule has 2 fully saturated rings. The van der Waals surface area contributed by atoms with E-state index in [0.29, 0.717) is 18.8 Å². The summed E-state index contributed by atoms with van der Waals surface area (Å²) in [5.74, 6) is 0.374. The number of carbonyl (C=O) groups excluding carboxylic acids is 1. The standard InChI is InChI=1S/C18H21N3O3/c22-18(17-2-1-10-23-17)21-8-5-16-15(13-21)20(9-11-24-16)12-14-3-6-19-7-4-14/h1-4,6-7,10,15-16H,5,8-9,11-13H2/t15-,16-/m0/s1. The number of morpholine rings is 1. The number of hydrogen-bond acceptors (Lipinski definition) is 5. The highest BCUT2D eigenvalue weighted by atomic mass is 16.5. The third-order valence-corrected chi connectivity index (χ3v) is 4.85. The largest absolute Gasteiger partial charge is 0.459 e. The van der Waals surface area contributed by atoms with Crippen LogP contribution in [0.1, 0.15) is 22.5 Å². The molecule has 0 bridgehead atoms. The summed E-state index contributed by atoms with van der Waals surface area (Å²) in [7, 11) is 0. The number of aromatic nitrogens is 1. The lowest BCUT2D eigenvalue weighted by molar-refractivity contribution is -0.101. The third kappa shape index (κ3) is 3.07. The lowest BCUT2D eigenvalue weighted by Gasteiger charge is -2.47. The van der Waals surface area contributed by atoms with E-state index in [0.717, 1.165) is 26.1 Å². The maximum atomic E-state index is 12.6. The fraction of sp³-hybridized carbons (Fsp3) is 0.444. The van der Waals surface area contributed by atoms with Crippen LogP contribution in [-0.2, 0) is 11.3 Å². The Hall–Kier alpha value is -2.18. The van der Waals surface area contributed by atoms with Crippen molar-refractivity contribution in [1.29, 1.82) is 0 Å². The molecule has 6 heteroatoms. The van der Waals surface area contributed by atoms with E-state index >= 15 is 0 Å². The van der Waals surface area contributed by atoms with Gasteiger partial charge in [-0.05, 0) is 36.2 Å². The second-order valence-electron chi connectivity index (χ2n) is 6.32. The predicted octanol–water partition coefficient (Wildman–Crippen LogP) is 1.79. The van der Waals surface area contributed by atoms with Crippen LogP contribution in [0.15, 0.2) is 47.3 Å². The molecule has 2 aromatic heterocycles. The molecule has 0 unspecified atom stereocenters. The van der Waals surface area contributed by atoms with Crippen molar-refractivity contribution in [1.82, 2.24) is 14.8 Å². The zero-order valence-corrected chi connectivity index (χ0v) is 13.5. The Bertz CT molecular complexity index is 674. The Labute approximate surface area is 141 Å². The minimum Gasteiger partial charge on any atom is -0.459 e. The number of pyridine rings is 1. The predicted molar refractivity (Wildman–Crippen MR) is 87.4 cm³/mol. The van der Waals surface area contributed by atoms with E-state index in [9.17, 15) is 4.79 Å². The summed E-state index contributed by atoms with van der Waals surface area (Å²) in [4.78, 5) is 20.9. The number of hydrogen-bond donors (Lipinski definition) is 0. The van der Waals surface area contributed by atoms with Crippen molar-refractivity contribution < 1.29 is 13.9 Å². The van der Waals surface area contributed by atoms with E-state index in [-0.39, 0.29) is 18.1 Å². The van der Waals surface area contributed by atoms with Crippen molar-refractivity contribution in [3.05, 3.63) is 54.2 Å². The summed E-state index contributed by atoms with van der Waals surface area (Å²) in [5.41, 5.74) is 1.24. The van der Waals surface area contributed by atoms with E-state index < -0.39 is 0 Å². The Kier molecular flexibility index (Phi) is 4.32. The summed E-state index contributed by atoms with van der Waals surface area (Å²) in [6.07, 6.45) is 6.24. The number of furan rings is 1. The molecule has 24 heavy (non-hydrogen) atoms. The number of fused-ring (bicyclic) bond motifs is 1. The second-order valence-corrected chi connectivity index (χ2v) is 6.32. The lowest BCUT2D eigenvalue weighted by atomic mass is 9.98. The quantitative estimate of drug-likeness (QED) is 0.860. The second kappa shape index (κ2) is 6.75. The molecule has 2 saturated heterocycles. The molecule has 4 rings (SSSR count). The van der Waals surface area contributed by atoms with Crippen LogP contribution in [0.25, 0.3) is 0 Å². The van der Waals surface area contributed by atoms with Crippen molar-refractivity contribution >= 4 is 5.91 Å². The minimum absolute atomic E-state index is 0.0344. The Morgan fingerprint density at radius 3 is 2.92 bits per heavy atom. The van der Waals surface area contributed by atoms with Crippen molar-refractivity contribution in [2.24, 2.45) is 0 Å². The highest BCUT2D eigenvalue weighted by Gasteiger charge is 2.38. The van der Waals surface area contributed by atoms with Crippen LogP contribution < -0.4 is 0 Å². The number of carbonyl (C=O) groups is 1. The van der Waals surface area contributed by atoms with Gasteiger partial charge in [0, 0.05) is 38.6 Å². The van der Waals surface area contributed by atoms with Gasteiger partial charge in [0.25, 0.3) is 5.91 Å². The van der Waals surface area contributed by atoms with Gasteiger partial charge in [-0.15, -0.1) is 0 Å². The fourth-order valence-corrected chi connectivity index (χ4v) is 3.60. The van der Waals surface area contributed by atoms with E-state index in [2.05, 4.69) is 9.88 Å². The summed E-state index contributed by atoms with van der Waals surface area (Å²) in [6.45, 7) is 3.87. The Morgan fingerprint density at radius 2 is 2.12 bits per heavy atom. The normalized spacial score (nSPS) is 24.6. The molecule has 2 aliphatic rings. The Balaban J connectivity index is 1.48. The van der Waals surface area contributed by atoms with Crippen LogP contribution in [0.4, 0.5) is 0 Å². The zero-order valence-electron chi connectivity index (χ0n) is 13.5. The maximum Gasteiger partial charge on any atom is 0.289 e. The van der Waals surface area contributed by atoms with Gasteiger partial charge >= 0.3 is 0 Å². The van der Waals surface area contributed by atoms with Gasteiger partial charge < -0.3 is 14.1 Å². The molecule has 0 aliphatic carbocycles. The molecule has 2 aliphatic heterocycles. The molecule has 4 heterocycles. The molecule has 1 amide bonds. The number of piperidine rings is 1. The van der Waals surface area contributed by atoms with E-state index in [1.54, 1.807) is 18.4 Å². The first kappa shape index (κ1) is 15.4. The SMILES string of the molecule is O=C(c1ccco1)N1CC[C@@H]2OCCN(Cc3ccncc3)[C@H]2C1. The third-order valence-electron chi connectivity index (χ3n) is 4.85. The highest BCUT2D eigenvalue weighted by molar-refractivity contribution is 5.91. The molecule has 2 atom stereocenters. The summed E-state index contributed by atoms with van der Waals surface area (Å²) < 4.78 is 11.2. The molecule has 0 spiro atoms. The minimum atomic E-state index is -0.0344. The van der Waals surface area contributed by atoms with Gasteiger partial charge in [-0.1, -0.05) is 0 Å². The number of amides is 1. The van der Waals surface area contributed by atoms with Crippen molar-refractivity contribution in [3.8, 4) is 0 Å². The van der Waals surface area contributed by atoms with Gasteiger partial charge in [-0.25, -0.2) is 0 Å². The molecule has 0 radical (unpaired) electrons. The van der Waals surface area contributed by atoms with Gasteiger partial charge in [0.2, 0.25) is 0 Å². The molecule has 0 aromatic carbocycles. The van der Waals surface area contributed by atoms with Crippen LogP contribution in [0.3, 0.4) is 0 Å². The molecular formula is C18H21N3O3. The molecular weight excluding hydrogens is 306 g/mol. The number of ether oxygens (including phenoxy) is 1. The first-order valence-electron chi connectivity index (χ1n) is 8.38. The van der Waals surface area contributed by atoms with Crippen LogP contribution >= 0.6 is 0 Å². The highest BCUT2D eigenvalue weighted by Crippen LogP contribution is 2.25. The maximum absolute atomic E-state index is 12.6. The smallest absolute Gasteiger partial charge is 0.289 e. The summed E-state index contributed by atoms with van der Waals surface area (Å²) >= 11 is 0. The van der Waals surface area contributed by atoms with Crippen molar-refractivity contribution in [2.45, 2.75) is 25.1 Å². The average Bonchev–Trinajstić information content (AvgIpc) is 3.17. The monoisotopic (exact) mass is 327 g/mol. The van der Waals surface area contributed by atoms with E-state index in [1.165, 1.54) is 5.56 Å². The van der Waals surface area contributed by atoms with Gasteiger partial charge in [-0.2, -0.15) is 0 Å². The average molecular weight is 327 g/mol. The molecule has 126 valence electrons. The van der Waals surface area contributed by atoms with Crippen LogP contribution in [0.5, 0.6) is 0 Å². The number of nitrogens with zero attached hydrogens (tertiary/aromatic N) is 3. The Morgan fingerprint density at radius 1 is 1.25 bits per heavy atom. The summed E-state index contributed by atoms with van der Waals surface area (Å²) in [5, 5.41) is 0. The van der Waals surface area contributed by atoms with Crippen LogP contribution in [0, 0.1) is 0 Å². The molecule has 6 nitrogen and oxygen atoms in total. The topological polar surface area (TPSA) is 58.8 Å². The lowest BCUT2D eigenvalue weighted by Crippen LogP contribution is -2.60. The number of rotatable bonds is 3.